The standard InChI is InChI=1S/C48H94O4/c1-4-7-10-13-16-19-21-23-25-27-29-32-34-37-40-43-46(49)51-48(45-42-39-36-31-18-15-12-9-6-3)52-47(50)44-41-38-35-33-30-28-26-24-22-20-17-14-11-8-5-2/h48H,4-45H2,1-3H3. The number of hydrogen-bond donors (Lipinski definition) is 0. The lowest BCUT2D eigenvalue weighted by Crippen LogP contribution is -2.24. The van der Waals surface area contributed by atoms with Crippen LogP contribution in [0, 0.1) is 0 Å². The van der Waals surface area contributed by atoms with Crippen LogP contribution in [0.3, 0.4) is 0 Å². The second kappa shape index (κ2) is 44.3. The molecule has 0 saturated heterocycles. The van der Waals surface area contributed by atoms with Crippen molar-refractivity contribution in [2.45, 2.75) is 297 Å². The Bertz CT molecular complexity index is 658. The molecule has 0 aliphatic carbocycles. The molecule has 0 aromatic carbocycles. The van der Waals surface area contributed by atoms with Crippen molar-refractivity contribution in [2.75, 3.05) is 0 Å². The van der Waals surface area contributed by atoms with E-state index in [4.69, 9.17) is 9.47 Å². The normalized spacial score (nSPS) is 11.5. The van der Waals surface area contributed by atoms with Crippen molar-refractivity contribution >= 4 is 11.9 Å². The largest absolute Gasteiger partial charge is 0.425 e. The van der Waals surface area contributed by atoms with E-state index in [0.717, 1.165) is 38.5 Å². The third-order valence-electron chi connectivity index (χ3n) is 11.0. The highest BCUT2D eigenvalue weighted by Crippen LogP contribution is 2.18. The van der Waals surface area contributed by atoms with Crippen LogP contribution in [0.2, 0.25) is 0 Å². The average Bonchev–Trinajstić information content (AvgIpc) is 3.14. The number of unbranched alkanes of at least 4 members (excludes halogenated alkanes) is 36. The van der Waals surface area contributed by atoms with Crippen LogP contribution < -0.4 is 0 Å². The maximum Gasteiger partial charge on any atom is 0.308 e. The van der Waals surface area contributed by atoms with Crippen LogP contribution in [0.15, 0.2) is 0 Å². The highest BCUT2D eigenvalue weighted by Gasteiger charge is 2.18. The summed E-state index contributed by atoms with van der Waals surface area (Å²) in [6.07, 6.45) is 51.3. The molecule has 0 radical (unpaired) electrons. The van der Waals surface area contributed by atoms with Gasteiger partial charge in [0.2, 0.25) is 6.29 Å². The Morgan fingerprint density at radius 1 is 0.288 bits per heavy atom. The molecule has 0 unspecified atom stereocenters. The highest BCUT2D eigenvalue weighted by molar-refractivity contribution is 5.71. The first kappa shape index (κ1) is 50.9. The van der Waals surface area contributed by atoms with E-state index in [1.54, 1.807) is 0 Å². The number of carbonyl (C=O) groups excluding carboxylic acids is 2. The lowest BCUT2D eigenvalue weighted by atomic mass is 10.0. The van der Waals surface area contributed by atoms with Crippen LogP contribution in [-0.2, 0) is 19.1 Å². The van der Waals surface area contributed by atoms with Crippen molar-refractivity contribution in [3.8, 4) is 0 Å². The van der Waals surface area contributed by atoms with Crippen LogP contribution in [-0.4, -0.2) is 18.2 Å². The van der Waals surface area contributed by atoms with Gasteiger partial charge in [-0.05, 0) is 19.3 Å². The van der Waals surface area contributed by atoms with Crippen molar-refractivity contribution in [2.24, 2.45) is 0 Å². The van der Waals surface area contributed by atoms with E-state index in [2.05, 4.69) is 20.8 Å². The molecule has 4 nitrogen and oxygen atoms in total. The van der Waals surface area contributed by atoms with E-state index in [1.165, 1.54) is 212 Å². The van der Waals surface area contributed by atoms with Gasteiger partial charge in [0.05, 0.1) is 0 Å². The Labute approximate surface area is 326 Å². The number of esters is 2. The number of carbonyl (C=O) groups is 2. The molecule has 0 spiro atoms. The van der Waals surface area contributed by atoms with Gasteiger partial charge >= 0.3 is 11.9 Å². The molecule has 0 heterocycles. The molecule has 4 heteroatoms. The predicted octanol–water partition coefficient (Wildman–Crippen LogP) is 16.8. The summed E-state index contributed by atoms with van der Waals surface area (Å²) in [5, 5.41) is 0. The van der Waals surface area contributed by atoms with Crippen molar-refractivity contribution in [3.05, 3.63) is 0 Å². The average molecular weight is 735 g/mol. The molecule has 0 atom stereocenters. The maximum atomic E-state index is 12.7. The van der Waals surface area contributed by atoms with Crippen molar-refractivity contribution < 1.29 is 19.1 Å². The van der Waals surface area contributed by atoms with Gasteiger partial charge in [-0.15, -0.1) is 0 Å². The number of rotatable bonds is 44. The van der Waals surface area contributed by atoms with Crippen LogP contribution in [0.1, 0.15) is 290 Å². The van der Waals surface area contributed by atoms with Gasteiger partial charge in [-0.1, -0.05) is 252 Å². The van der Waals surface area contributed by atoms with Crippen molar-refractivity contribution in [1.29, 1.82) is 0 Å². The second-order valence-electron chi connectivity index (χ2n) is 16.4. The third kappa shape index (κ3) is 41.7. The lowest BCUT2D eigenvalue weighted by molar-refractivity contribution is -0.189. The lowest BCUT2D eigenvalue weighted by Gasteiger charge is -2.18. The summed E-state index contributed by atoms with van der Waals surface area (Å²) >= 11 is 0. The van der Waals surface area contributed by atoms with Gasteiger partial charge in [0.25, 0.3) is 0 Å². The minimum atomic E-state index is -0.711. The molecule has 0 N–H and O–H groups in total. The monoisotopic (exact) mass is 735 g/mol. The molecule has 0 amide bonds. The van der Waals surface area contributed by atoms with Crippen LogP contribution in [0.5, 0.6) is 0 Å². The summed E-state index contributed by atoms with van der Waals surface area (Å²) in [5.74, 6) is -0.397. The van der Waals surface area contributed by atoms with E-state index < -0.39 is 6.29 Å². The molecule has 0 aromatic heterocycles. The first-order valence-corrected chi connectivity index (χ1v) is 24.0. The summed E-state index contributed by atoms with van der Waals surface area (Å²) in [7, 11) is 0. The first-order chi connectivity index (χ1) is 25.6. The van der Waals surface area contributed by atoms with E-state index in [0.29, 0.717) is 19.3 Å². The van der Waals surface area contributed by atoms with E-state index >= 15 is 0 Å². The molecule has 0 aromatic rings. The quantitative estimate of drug-likeness (QED) is 0.0355. The zero-order valence-corrected chi connectivity index (χ0v) is 35.9. The van der Waals surface area contributed by atoms with Crippen LogP contribution in [0.25, 0.3) is 0 Å². The minimum absolute atomic E-state index is 0.199. The van der Waals surface area contributed by atoms with Crippen molar-refractivity contribution in [3.63, 3.8) is 0 Å². The van der Waals surface area contributed by atoms with Gasteiger partial charge in [0.1, 0.15) is 0 Å². The van der Waals surface area contributed by atoms with E-state index in [1.807, 2.05) is 0 Å². The predicted molar refractivity (Wildman–Crippen MR) is 227 cm³/mol. The second-order valence-corrected chi connectivity index (χ2v) is 16.4. The SMILES string of the molecule is CCCCCCCCCCCCCCCCCC(=O)OC(CCCCCCCCCCC)OC(=O)CCCCCCCCCCCCCCCCC. The van der Waals surface area contributed by atoms with Gasteiger partial charge in [-0.3, -0.25) is 9.59 Å². The maximum absolute atomic E-state index is 12.7. The molecule has 310 valence electrons. The molecule has 0 aliphatic rings. The summed E-state index contributed by atoms with van der Waals surface area (Å²) in [4.78, 5) is 25.4. The molecule has 0 saturated carbocycles. The third-order valence-corrected chi connectivity index (χ3v) is 11.0. The summed E-state index contributed by atoms with van der Waals surface area (Å²) in [6.45, 7) is 6.83. The Hall–Kier alpha value is -1.06. The van der Waals surface area contributed by atoms with Gasteiger partial charge in [0, 0.05) is 19.3 Å². The fourth-order valence-electron chi connectivity index (χ4n) is 7.46. The van der Waals surface area contributed by atoms with E-state index in [9.17, 15) is 9.59 Å². The smallest absolute Gasteiger partial charge is 0.308 e. The number of hydrogen-bond acceptors (Lipinski definition) is 4. The molecule has 0 aliphatic heterocycles. The van der Waals surface area contributed by atoms with Gasteiger partial charge in [-0.2, -0.15) is 0 Å². The summed E-state index contributed by atoms with van der Waals surface area (Å²) in [6, 6.07) is 0. The molecular weight excluding hydrogens is 641 g/mol. The fraction of sp³-hybridized carbons (Fsp3) is 0.958. The Kier molecular flexibility index (Phi) is 43.4. The molecule has 0 fully saturated rings. The zero-order chi connectivity index (χ0) is 37.8. The number of ether oxygens (including phenoxy) is 2. The molecular formula is C48H94O4. The van der Waals surface area contributed by atoms with Gasteiger partial charge in [0.15, 0.2) is 0 Å². The Balaban J connectivity index is 4.09. The molecule has 0 bridgehead atoms. The Morgan fingerprint density at radius 2 is 0.481 bits per heavy atom. The highest BCUT2D eigenvalue weighted by atomic mass is 16.7. The van der Waals surface area contributed by atoms with Gasteiger partial charge in [-0.25, -0.2) is 0 Å². The molecule has 52 heavy (non-hydrogen) atoms. The van der Waals surface area contributed by atoms with E-state index in [-0.39, 0.29) is 11.9 Å². The zero-order valence-electron chi connectivity index (χ0n) is 35.9. The molecule has 0 rings (SSSR count). The van der Waals surface area contributed by atoms with Crippen molar-refractivity contribution in [1.82, 2.24) is 0 Å². The first-order valence-electron chi connectivity index (χ1n) is 24.0. The van der Waals surface area contributed by atoms with Gasteiger partial charge < -0.3 is 9.47 Å². The topological polar surface area (TPSA) is 52.6 Å². The minimum Gasteiger partial charge on any atom is -0.425 e. The van der Waals surface area contributed by atoms with Crippen LogP contribution >= 0.6 is 0 Å². The fourth-order valence-corrected chi connectivity index (χ4v) is 7.46. The summed E-state index contributed by atoms with van der Waals surface area (Å²) < 4.78 is 11.5. The van der Waals surface area contributed by atoms with Crippen LogP contribution in [0.4, 0.5) is 0 Å². The Morgan fingerprint density at radius 3 is 0.712 bits per heavy atom. The summed E-state index contributed by atoms with van der Waals surface area (Å²) in [5.41, 5.74) is 0.